The van der Waals surface area contributed by atoms with Gasteiger partial charge in [-0.25, -0.2) is 8.78 Å². The number of hydrogen-bond acceptors (Lipinski definition) is 5. The maximum atomic E-state index is 17.0. The second-order valence-corrected chi connectivity index (χ2v) is 15.2. The molecule has 0 saturated heterocycles. The Bertz CT molecular complexity index is 1700. The van der Waals surface area contributed by atoms with E-state index in [4.69, 9.17) is 32.7 Å². The molecule has 3 aromatic carbocycles. The van der Waals surface area contributed by atoms with E-state index in [0.29, 0.717) is 23.1 Å². The lowest BCUT2D eigenvalue weighted by Crippen LogP contribution is -2.41. The molecule has 3 aromatic rings. The third kappa shape index (κ3) is 8.67. The Kier molecular flexibility index (Phi) is 11.8. The number of ether oxygens (including phenoxy) is 2. The van der Waals surface area contributed by atoms with Crippen molar-refractivity contribution in [3.63, 3.8) is 0 Å². The highest BCUT2D eigenvalue weighted by Gasteiger charge is 2.45. The van der Waals surface area contributed by atoms with Crippen LogP contribution in [0.1, 0.15) is 94.5 Å². The van der Waals surface area contributed by atoms with Gasteiger partial charge in [0.15, 0.2) is 5.82 Å². The highest BCUT2D eigenvalue weighted by molar-refractivity contribution is 6.31. The first-order valence-corrected chi connectivity index (χ1v) is 17.8. The lowest BCUT2D eigenvalue weighted by Gasteiger charge is -2.43. The second-order valence-electron chi connectivity index (χ2n) is 14.4. The highest BCUT2D eigenvalue weighted by Crippen LogP contribution is 2.50. The monoisotopic (exact) mass is 711 g/mol. The van der Waals surface area contributed by atoms with Gasteiger partial charge >= 0.3 is 11.9 Å². The molecular weight excluding hydrogens is 667 g/mol. The van der Waals surface area contributed by atoms with Gasteiger partial charge in [0.25, 0.3) is 0 Å². The van der Waals surface area contributed by atoms with Gasteiger partial charge in [-0.15, -0.1) is 0 Å². The van der Waals surface area contributed by atoms with E-state index in [-0.39, 0.29) is 40.6 Å². The molecular formula is C40H45Cl2F2NO4. The van der Waals surface area contributed by atoms with E-state index in [2.05, 4.69) is 6.08 Å². The Hall–Kier alpha value is -3.42. The maximum Gasteiger partial charge on any atom is 0.312 e. The SMILES string of the molecule is Cc1cc(Cl)c(F)c(N2C(C3CCCCC3)=CCC(C)C(C(=O)OCc3ccccc3)C2c2ccc(F)c(Cl)c2)c1CC(=O)OC(C)(C)C. The zero-order valence-electron chi connectivity index (χ0n) is 28.8. The van der Waals surface area contributed by atoms with Crippen LogP contribution in [0.25, 0.3) is 0 Å². The van der Waals surface area contributed by atoms with Gasteiger partial charge in [0.1, 0.15) is 18.0 Å². The number of rotatable bonds is 8. The van der Waals surface area contributed by atoms with Crippen molar-refractivity contribution in [1.29, 1.82) is 0 Å². The van der Waals surface area contributed by atoms with Crippen molar-refractivity contribution >= 4 is 40.8 Å². The number of esters is 2. The van der Waals surface area contributed by atoms with Crippen molar-refractivity contribution in [1.82, 2.24) is 0 Å². The molecule has 0 spiro atoms. The molecule has 0 amide bonds. The van der Waals surface area contributed by atoms with Crippen molar-refractivity contribution < 1.29 is 27.8 Å². The molecule has 5 nitrogen and oxygen atoms in total. The van der Waals surface area contributed by atoms with Crippen LogP contribution in [0.15, 0.2) is 66.4 Å². The number of allylic oxidation sites excluding steroid dienone is 2. The molecule has 0 bridgehead atoms. The predicted octanol–water partition coefficient (Wildman–Crippen LogP) is 10.9. The summed E-state index contributed by atoms with van der Waals surface area (Å²) in [4.78, 5) is 29.7. The fraction of sp³-hybridized carbons (Fsp3) is 0.450. The van der Waals surface area contributed by atoms with Crippen molar-refractivity contribution in [3.05, 3.63) is 110 Å². The number of hydrogen-bond donors (Lipinski definition) is 0. The number of anilines is 1. The van der Waals surface area contributed by atoms with Gasteiger partial charge in [-0.1, -0.05) is 91.9 Å². The molecule has 1 aliphatic carbocycles. The average molecular weight is 713 g/mol. The molecule has 1 saturated carbocycles. The fourth-order valence-electron chi connectivity index (χ4n) is 7.22. The molecule has 1 aliphatic heterocycles. The minimum atomic E-state index is -0.878. The van der Waals surface area contributed by atoms with Crippen LogP contribution in [0.3, 0.4) is 0 Å². The smallest absolute Gasteiger partial charge is 0.312 e. The van der Waals surface area contributed by atoms with Crippen LogP contribution >= 0.6 is 23.2 Å². The minimum absolute atomic E-state index is 0.0477. The van der Waals surface area contributed by atoms with Gasteiger partial charge in [-0.05, 0) is 99.2 Å². The van der Waals surface area contributed by atoms with Crippen molar-refractivity contribution in [2.24, 2.45) is 17.8 Å². The summed E-state index contributed by atoms with van der Waals surface area (Å²) in [6.07, 6.45) is 7.25. The largest absolute Gasteiger partial charge is 0.461 e. The third-order valence-electron chi connectivity index (χ3n) is 9.52. The molecule has 262 valence electrons. The van der Waals surface area contributed by atoms with Crippen molar-refractivity contribution in [2.45, 2.75) is 97.8 Å². The van der Waals surface area contributed by atoms with Gasteiger partial charge in [0, 0.05) is 5.70 Å². The normalized spacial score (nSPS) is 20.4. The zero-order chi connectivity index (χ0) is 35.5. The Morgan fingerprint density at radius 3 is 2.31 bits per heavy atom. The number of benzene rings is 3. The van der Waals surface area contributed by atoms with Gasteiger partial charge in [-0.2, -0.15) is 0 Å². The molecule has 0 N–H and O–H groups in total. The Morgan fingerprint density at radius 2 is 1.65 bits per heavy atom. The van der Waals surface area contributed by atoms with Crippen LogP contribution in [-0.2, 0) is 32.1 Å². The zero-order valence-corrected chi connectivity index (χ0v) is 30.3. The topological polar surface area (TPSA) is 55.8 Å². The molecule has 2 aliphatic rings. The molecule has 3 unspecified atom stereocenters. The number of carbonyl (C=O) groups is 2. The first-order valence-electron chi connectivity index (χ1n) is 17.1. The van der Waals surface area contributed by atoms with Crippen LogP contribution in [0.4, 0.5) is 14.5 Å². The molecule has 9 heteroatoms. The van der Waals surface area contributed by atoms with Crippen LogP contribution < -0.4 is 4.90 Å². The summed E-state index contributed by atoms with van der Waals surface area (Å²) in [5.41, 5.74) is 2.54. The lowest BCUT2D eigenvalue weighted by molar-refractivity contribution is -0.154. The van der Waals surface area contributed by atoms with E-state index in [9.17, 15) is 14.0 Å². The van der Waals surface area contributed by atoms with Gasteiger partial charge in [0.2, 0.25) is 0 Å². The number of halogens is 4. The van der Waals surface area contributed by atoms with E-state index in [0.717, 1.165) is 43.4 Å². The fourth-order valence-corrected chi connectivity index (χ4v) is 7.66. The standard InChI is InChI=1S/C40H45Cl2F2NO4/c1-24-16-19-33(27-14-10-7-11-15-27)45(38-29(22-34(46)49-40(3,4)5)25(2)20-31(42)36(38)44)37(28-17-18-32(43)30(41)21-28)35(24)39(47)48-23-26-12-8-6-9-13-26/h6,8-9,12-13,17-21,24,27,35,37H,7,10-11,14-16,22-23H2,1-5H3. The molecule has 5 rings (SSSR count). The Labute approximate surface area is 298 Å². The predicted molar refractivity (Wildman–Crippen MR) is 190 cm³/mol. The van der Waals surface area contributed by atoms with Gasteiger partial charge in [-0.3, -0.25) is 9.59 Å². The lowest BCUT2D eigenvalue weighted by atomic mass is 9.81. The molecule has 1 heterocycles. The molecule has 0 aromatic heterocycles. The summed E-state index contributed by atoms with van der Waals surface area (Å²) in [5.74, 6) is -3.37. The number of nitrogens with zero attached hydrogens (tertiary/aromatic N) is 1. The third-order valence-corrected chi connectivity index (χ3v) is 10.1. The summed E-state index contributed by atoms with van der Waals surface area (Å²) < 4.78 is 43.4. The second kappa shape index (κ2) is 15.6. The summed E-state index contributed by atoms with van der Waals surface area (Å²) in [5, 5.41) is -0.231. The van der Waals surface area contributed by atoms with E-state index in [1.807, 2.05) is 42.2 Å². The van der Waals surface area contributed by atoms with Gasteiger partial charge < -0.3 is 14.4 Å². The van der Waals surface area contributed by atoms with Crippen LogP contribution in [0.5, 0.6) is 0 Å². The Balaban J connectivity index is 1.75. The van der Waals surface area contributed by atoms with Crippen LogP contribution in [0.2, 0.25) is 10.0 Å². The highest BCUT2D eigenvalue weighted by atomic mass is 35.5. The first-order chi connectivity index (χ1) is 23.2. The first kappa shape index (κ1) is 36.9. The summed E-state index contributed by atoms with van der Waals surface area (Å²) in [7, 11) is 0. The van der Waals surface area contributed by atoms with E-state index in [1.54, 1.807) is 33.8 Å². The maximum absolute atomic E-state index is 17.0. The van der Waals surface area contributed by atoms with Crippen molar-refractivity contribution in [3.8, 4) is 0 Å². The summed E-state index contributed by atoms with van der Waals surface area (Å²) >= 11 is 13.0. The molecule has 3 atom stereocenters. The van der Waals surface area contributed by atoms with Crippen LogP contribution in [-0.4, -0.2) is 17.5 Å². The average Bonchev–Trinajstić information content (AvgIpc) is 3.20. The van der Waals surface area contributed by atoms with Gasteiger partial charge in [0.05, 0.1) is 34.1 Å². The molecule has 49 heavy (non-hydrogen) atoms. The van der Waals surface area contributed by atoms with E-state index in [1.165, 1.54) is 18.2 Å². The molecule has 1 fully saturated rings. The minimum Gasteiger partial charge on any atom is -0.461 e. The summed E-state index contributed by atoms with van der Waals surface area (Å²) in [6, 6.07) is 14.4. The number of carbonyl (C=O) groups excluding carboxylic acids is 2. The van der Waals surface area contributed by atoms with Crippen molar-refractivity contribution in [2.75, 3.05) is 4.90 Å². The number of aryl methyl sites for hydroxylation is 1. The van der Waals surface area contributed by atoms with Crippen LogP contribution in [0, 0.1) is 36.3 Å². The summed E-state index contributed by atoms with van der Waals surface area (Å²) in [6.45, 7) is 9.15. The van der Waals surface area contributed by atoms with E-state index < -0.39 is 41.1 Å². The quantitative estimate of drug-likeness (QED) is 0.218. The Morgan fingerprint density at radius 1 is 0.959 bits per heavy atom. The molecule has 0 radical (unpaired) electrons. The van der Waals surface area contributed by atoms with E-state index >= 15 is 4.39 Å².